The van der Waals surface area contributed by atoms with Crippen LogP contribution in [0.4, 0.5) is 4.39 Å². The lowest BCUT2D eigenvalue weighted by molar-refractivity contribution is 0.0632. The van der Waals surface area contributed by atoms with Gasteiger partial charge in [-0.05, 0) is 30.3 Å². The molecule has 1 aliphatic rings. The minimum atomic E-state index is -0.278. The van der Waals surface area contributed by atoms with Crippen LogP contribution in [-0.2, 0) is 6.54 Å². The van der Waals surface area contributed by atoms with Gasteiger partial charge in [-0.1, -0.05) is 6.07 Å². The molecule has 0 aliphatic carbocycles. The molecule has 0 spiro atoms. The van der Waals surface area contributed by atoms with Gasteiger partial charge in [-0.25, -0.2) is 9.37 Å². The summed E-state index contributed by atoms with van der Waals surface area (Å²) in [5, 5.41) is 3.47. The van der Waals surface area contributed by atoms with Crippen molar-refractivity contribution < 1.29 is 13.6 Å². The molecular weight excluding hydrogens is 409 g/mol. The quantitative estimate of drug-likeness (QED) is 0.473. The fourth-order valence-electron chi connectivity index (χ4n) is 3.52. The summed E-state index contributed by atoms with van der Waals surface area (Å²) in [6.07, 6.45) is 1.65. The molecular formula is C21H18FN3O2S2. The van der Waals surface area contributed by atoms with Gasteiger partial charge in [-0.15, -0.1) is 22.7 Å². The Morgan fingerprint density at radius 1 is 1.17 bits per heavy atom. The highest BCUT2D eigenvalue weighted by Gasteiger charge is 2.24. The van der Waals surface area contributed by atoms with Gasteiger partial charge < -0.3 is 9.32 Å². The molecule has 1 aliphatic heterocycles. The first kappa shape index (κ1) is 18.5. The first-order valence-corrected chi connectivity index (χ1v) is 11.0. The highest BCUT2D eigenvalue weighted by atomic mass is 32.1. The molecule has 0 saturated carbocycles. The number of amides is 1. The average molecular weight is 428 g/mol. The number of carbonyl (C=O) groups is 1. The molecule has 0 unspecified atom stereocenters. The van der Waals surface area contributed by atoms with Crippen LogP contribution in [0.15, 0.2) is 52.5 Å². The Balaban J connectivity index is 1.21. The Morgan fingerprint density at radius 3 is 2.79 bits per heavy atom. The predicted octanol–water partition coefficient (Wildman–Crippen LogP) is 4.71. The number of hydrogen-bond acceptors (Lipinski definition) is 6. The lowest BCUT2D eigenvalue weighted by Crippen LogP contribution is -2.48. The van der Waals surface area contributed by atoms with Crippen LogP contribution >= 0.6 is 22.7 Å². The van der Waals surface area contributed by atoms with E-state index in [0.717, 1.165) is 40.8 Å². The number of nitrogens with zero attached hydrogens (tertiary/aromatic N) is 3. The minimum Gasteiger partial charge on any atom is -0.462 e. The highest BCUT2D eigenvalue weighted by molar-refractivity contribution is 7.20. The first-order chi connectivity index (χ1) is 14.2. The van der Waals surface area contributed by atoms with E-state index in [4.69, 9.17) is 4.42 Å². The molecule has 0 atom stereocenters. The third-order valence-corrected chi connectivity index (χ3v) is 7.04. The summed E-state index contributed by atoms with van der Waals surface area (Å²) in [6.45, 7) is 3.65. The minimum absolute atomic E-state index is 0.0148. The maximum atomic E-state index is 13.9. The second kappa shape index (κ2) is 7.70. The van der Waals surface area contributed by atoms with Gasteiger partial charge in [-0.2, -0.15) is 0 Å². The topological polar surface area (TPSA) is 49.6 Å². The van der Waals surface area contributed by atoms with Crippen molar-refractivity contribution in [3.8, 4) is 10.8 Å². The molecule has 1 fully saturated rings. The van der Waals surface area contributed by atoms with Crippen molar-refractivity contribution in [2.75, 3.05) is 26.2 Å². The summed E-state index contributed by atoms with van der Waals surface area (Å²) in [5.41, 5.74) is 1.01. The average Bonchev–Trinajstić information content (AvgIpc) is 3.48. The van der Waals surface area contributed by atoms with E-state index < -0.39 is 0 Å². The highest BCUT2D eigenvalue weighted by Crippen LogP contribution is 2.29. The van der Waals surface area contributed by atoms with E-state index in [-0.39, 0.29) is 11.7 Å². The molecule has 1 amide bonds. The van der Waals surface area contributed by atoms with Crippen molar-refractivity contribution in [2.45, 2.75) is 6.54 Å². The van der Waals surface area contributed by atoms with Crippen LogP contribution in [0.25, 0.3) is 20.9 Å². The van der Waals surface area contributed by atoms with E-state index in [1.807, 2.05) is 23.1 Å². The van der Waals surface area contributed by atoms with E-state index >= 15 is 0 Å². The normalized spacial score (nSPS) is 15.3. The smallest absolute Gasteiger partial charge is 0.264 e. The van der Waals surface area contributed by atoms with Crippen LogP contribution in [0.2, 0.25) is 0 Å². The molecule has 0 radical (unpaired) electrons. The molecule has 4 heterocycles. The standard InChI is InChI=1S/C21H18FN3O2S2/c22-16-3-1-5-18-15(16)11-19(29-18)21(26)25-8-6-24(7-9-25)12-14-13-28-20(23-14)17-4-2-10-27-17/h1-5,10-11,13H,6-9,12H2. The number of fused-ring (bicyclic) bond motifs is 1. The number of thiophene rings is 1. The Labute approximate surface area is 175 Å². The molecule has 5 rings (SSSR count). The second-order valence-electron chi connectivity index (χ2n) is 6.95. The summed E-state index contributed by atoms with van der Waals surface area (Å²) in [6, 6.07) is 10.4. The molecule has 8 heteroatoms. The zero-order valence-corrected chi connectivity index (χ0v) is 17.1. The third-order valence-electron chi connectivity index (χ3n) is 5.05. The number of hydrogen-bond donors (Lipinski definition) is 0. The van der Waals surface area contributed by atoms with Crippen molar-refractivity contribution in [1.82, 2.24) is 14.8 Å². The van der Waals surface area contributed by atoms with Gasteiger partial charge in [0, 0.05) is 48.2 Å². The van der Waals surface area contributed by atoms with Gasteiger partial charge in [0.1, 0.15) is 5.82 Å². The number of carbonyl (C=O) groups excluding carboxylic acids is 1. The molecule has 5 nitrogen and oxygen atoms in total. The van der Waals surface area contributed by atoms with Crippen molar-refractivity contribution in [3.63, 3.8) is 0 Å². The molecule has 0 N–H and O–H groups in total. The Hall–Kier alpha value is -2.55. The fraction of sp³-hybridized carbons (Fsp3) is 0.238. The maximum absolute atomic E-state index is 13.9. The fourth-order valence-corrected chi connectivity index (χ4v) is 5.34. The summed E-state index contributed by atoms with van der Waals surface area (Å²) >= 11 is 2.93. The van der Waals surface area contributed by atoms with Crippen LogP contribution in [0.1, 0.15) is 15.4 Å². The molecule has 3 aromatic heterocycles. The molecule has 29 heavy (non-hydrogen) atoms. The summed E-state index contributed by atoms with van der Waals surface area (Å²) in [7, 11) is 0. The Kier molecular flexibility index (Phi) is 4.91. The molecule has 4 aromatic rings. The summed E-state index contributed by atoms with van der Waals surface area (Å²) in [5.74, 6) is 0.496. The van der Waals surface area contributed by atoms with E-state index in [2.05, 4.69) is 15.3 Å². The SMILES string of the molecule is O=C(c1cc2c(F)cccc2s1)N1CCN(Cc2csc(-c3ccco3)n2)CC1. The molecule has 1 saturated heterocycles. The van der Waals surface area contributed by atoms with Gasteiger partial charge in [0.15, 0.2) is 10.8 Å². The number of rotatable bonds is 4. The van der Waals surface area contributed by atoms with E-state index in [0.29, 0.717) is 23.4 Å². The number of thiazole rings is 1. The Bertz CT molecular complexity index is 1140. The largest absolute Gasteiger partial charge is 0.462 e. The number of halogens is 1. The van der Waals surface area contributed by atoms with Crippen LogP contribution < -0.4 is 0 Å². The van der Waals surface area contributed by atoms with Gasteiger partial charge >= 0.3 is 0 Å². The zero-order valence-electron chi connectivity index (χ0n) is 15.5. The maximum Gasteiger partial charge on any atom is 0.264 e. The van der Waals surface area contributed by atoms with E-state index in [9.17, 15) is 9.18 Å². The van der Waals surface area contributed by atoms with Gasteiger partial charge in [-0.3, -0.25) is 9.69 Å². The zero-order chi connectivity index (χ0) is 19.8. The number of furan rings is 1. The van der Waals surface area contributed by atoms with Crippen molar-refractivity contribution in [1.29, 1.82) is 0 Å². The monoisotopic (exact) mass is 427 g/mol. The van der Waals surface area contributed by atoms with Crippen LogP contribution in [-0.4, -0.2) is 46.9 Å². The number of benzene rings is 1. The lowest BCUT2D eigenvalue weighted by atomic mass is 10.2. The van der Waals surface area contributed by atoms with Crippen molar-refractivity contribution >= 4 is 38.7 Å². The van der Waals surface area contributed by atoms with Crippen LogP contribution in [0, 0.1) is 5.82 Å². The van der Waals surface area contributed by atoms with E-state index in [1.165, 1.54) is 17.4 Å². The van der Waals surface area contributed by atoms with Gasteiger partial charge in [0.05, 0.1) is 16.8 Å². The number of piperazine rings is 1. The molecule has 148 valence electrons. The first-order valence-electron chi connectivity index (χ1n) is 9.35. The van der Waals surface area contributed by atoms with Gasteiger partial charge in [0.25, 0.3) is 5.91 Å². The second-order valence-corrected chi connectivity index (χ2v) is 8.89. The van der Waals surface area contributed by atoms with Crippen LogP contribution in [0.3, 0.4) is 0 Å². The summed E-state index contributed by atoms with van der Waals surface area (Å²) < 4.78 is 20.1. The lowest BCUT2D eigenvalue weighted by Gasteiger charge is -2.34. The number of aromatic nitrogens is 1. The molecule has 0 bridgehead atoms. The van der Waals surface area contributed by atoms with Crippen LogP contribution in [0.5, 0.6) is 0 Å². The van der Waals surface area contributed by atoms with Gasteiger partial charge in [0.2, 0.25) is 0 Å². The van der Waals surface area contributed by atoms with E-state index in [1.54, 1.807) is 29.7 Å². The summed E-state index contributed by atoms with van der Waals surface area (Å²) in [4.78, 5) is 22.3. The third kappa shape index (κ3) is 3.71. The Morgan fingerprint density at radius 2 is 2.03 bits per heavy atom. The predicted molar refractivity (Wildman–Crippen MR) is 113 cm³/mol. The molecule has 1 aromatic carbocycles. The van der Waals surface area contributed by atoms with Crippen molar-refractivity contribution in [3.05, 3.63) is 64.4 Å². The van der Waals surface area contributed by atoms with Crippen molar-refractivity contribution in [2.24, 2.45) is 0 Å².